The second-order valence-electron chi connectivity index (χ2n) is 6.66. The van der Waals surface area contributed by atoms with Crippen LogP contribution in [0.2, 0.25) is 0 Å². The fourth-order valence-corrected chi connectivity index (χ4v) is 3.90. The van der Waals surface area contributed by atoms with Gasteiger partial charge in [-0.3, -0.25) is 0 Å². The maximum atomic E-state index is 10.4. The molecule has 2 N–H and O–H groups in total. The van der Waals surface area contributed by atoms with Crippen molar-refractivity contribution in [3.05, 3.63) is 0 Å². The molecule has 0 bridgehead atoms. The van der Waals surface area contributed by atoms with Gasteiger partial charge in [0.05, 0.1) is 17.8 Å². The zero-order chi connectivity index (χ0) is 12.6. The third-order valence-corrected chi connectivity index (χ3v) is 5.23. The monoisotopic (exact) mass is 254 g/mol. The van der Waals surface area contributed by atoms with Gasteiger partial charge in [0.15, 0.2) is 0 Å². The van der Waals surface area contributed by atoms with Crippen LogP contribution >= 0.6 is 0 Å². The molecule has 2 aliphatic carbocycles. The van der Waals surface area contributed by atoms with Crippen LogP contribution in [-0.2, 0) is 4.74 Å². The molecule has 3 aliphatic rings. The summed E-state index contributed by atoms with van der Waals surface area (Å²) in [6.07, 6.45) is 9.16. The lowest BCUT2D eigenvalue weighted by Crippen LogP contribution is -2.47. The fraction of sp³-hybridized carbons (Fsp3) is 1.00. The largest absolute Gasteiger partial charge is 0.390 e. The average Bonchev–Trinajstić information content (AvgIpc) is 3.22. The molecule has 1 spiro atoms. The molecule has 1 aliphatic heterocycles. The number of hydrogen-bond acceptors (Lipinski definition) is 3. The molecule has 1 heterocycles. The highest BCUT2D eigenvalue weighted by Gasteiger charge is 2.44. The standard InChI is InChI=1S/C15H26O3/c16-13(11-4-5-11)14(17)12-6-9-18-15(10-12)7-2-1-3-8-15/h11-14,16-17H,1-10H2. The third kappa shape index (κ3) is 2.59. The van der Waals surface area contributed by atoms with Gasteiger partial charge >= 0.3 is 0 Å². The van der Waals surface area contributed by atoms with Gasteiger partial charge in [-0.1, -0.05) is 19.3 Å². The molecule has 2 saturated carbocycles. The summed E-state index contributed by atoms with van der Waals surface area (Å²) >= 11 is 0. The van der Waals surface area contributed by atoms with Gasteiger partial charge in [-0.15, -0.1) is 0 Å². The summed E-state index contributed by atoms with van der Waals surface area (Å²) in [5, 5.41) is 20.5. The first-order valence-corrected chi connectivity index (χ1v) is 7.70. The van der Waals surface area contributed by atoms with Crippen LogP contribution < -0.4 is 0 Å². The predicted molar refractivity (Wildman–Crippen MR) is 69.2 cm³/mol. The second-order valence-corrected chi connectivity index (χ2v) is 6.66. The van der Waals surface area contributed by atoms with E-state index in [1.54, 1.807) is 0 Å². The minimum atomic E-state index is -0.528. The van der Waals surface area contributed by atoms with E-state index < -0.39 is 12.2 Å². The molecule has 0 amide bonds. The van der Waals surface area contributed by atoms with Crippen LogP contribution in [0, 0.1) is 11.8 Å². The van der Waals surface area contributed by atoms with Crippen molar-refractivity contribution in [2.24, 2.45) is 11.8 Å². The average molecular weight is 254 g/mol. The van der Waals surface area contributed by atoms with Gasteiger partial charge in [-0.05, 0) is 50.4 Å². The van der Waals surface area contributed by atoms with Crippen LogP contribution in [0.5, 0.6) is 0 Å². The summed E-state index contributed by atoms with van der Waals surface area (Å²) in [6.45, 7) is 0.763. The topological polar surface area (TPSA) is 49.7 Å². The number of rotatable bonds is 3. The van der Waals surface area contributed by atoms with E-state index in [4.69, 9.17) is 4.74 Å². The second kappa shape index (κ2) is 5.10. The Bertz CT molecular complexity index is 276. The van der Waals surface area contributed by atoms with Crippen LogP contribution in [0.3, 0.4) is 0 Å². The van der Waals surface area contributed by atoms with Crippen LogP contribution in [-0.4, -0.2) is 34.6 Å². The molecular formula is C15H26O3. The van der Waals surface area contributed by atoms with Crippen molar-refractivity contribution in [2.75, 3.05) is 6.61 Å². The summed E-state index contributed by atoms with van der Waals surface area (Å²) in [5.74, 6) is 0.609. The first-order valence-electron chi connectivity index (χ1n) is 7.70. The van der Waals surface area contributed by atoms with E-state index >= 15 is 0 Å². The SMILES string of the molecule is OC(C1CC1)C(O)C1CCOC2(CCCCC2)C1. The molecule has 18 heavy (non-hydrogen) atoms. The lowest BCUT2D eigenvalue weighted by molar-refractivity contribution is -0.147. The molecule has 0 aromatic carbocycles. The molecule has 3 unspecified atom stereocenters. The normalized spacial score (nSPS) is 35.3. The molecule has 0 radical (unpaired) electrons. The van der Waals surface area contributed by atoms with Crippen molar-refractivity contribution in [1.29, 1.82) is 0 Å². The molecule has 3 atom stereocenters. The first kappa shape index (κ1) is 12.9. The van der Waals surface area contributed by atoms with Crippen molar-refractivity contribution < 1.29 is 14.9 Å². The Balaban J connectivity index is 1.61. The van der Waals surface area contributed by atoms with E-state index in [2.05, 4.69) is 0 Å². The van der Waals surface area contributed by atoms with E-state index in [0.29, 0.717) is 5.92 Å². The van der Waals surface area contributed by atoms with Gasteiger partial charge in [-0.2, -0.15) is 0 Å². The molecule has 104 valence electrons. The van der Waals surface area contributed by atoms with E-state index in [9.17, 15) is 10.2 Å². The summed E-state index contributed by atoms with van der Waals surface area (Å²) in [7, 11) is 0. The number of hydrogen-bond donors (Lipinski definition) is 2. The van der Waals surface area contributed by atoms with Crippen molar-refractivity contribution in [3.63, 3.8) is 0 Å². The Kier molecular flexibility index (Phi) is 3.65. The maximum absolute atomic E-state index is 10.4. The number of aliphatic hydroxyl groups excluding tert-OH is 2. The molecule has 0 aromatic rings. The third-order valence-electron chi connectivity index (χ3n) is 5.23. The van der Waals surface area contributed by atoms with Gasteiger partial charge in [0, 0.05) is 6.61 Å². The highest BCUT2D eigenvalue weighted by atomic mass is 16.5. The molecule has 3 heteroatoms. The predicted octanol–water partition coefficient (Wildman–Crippen LogP) is 2.25. The lowest BCUT2D eigenvalue weighted by Gasteiger charge is -2.45. The Morgan fingerprint density at radius 2 is 1.56 bits per heavy atom. The van der Waals surface area contributed by atoms with Crippen LogP contribution in [0.4, 0.5) is 0 Å². The van der Waals surface area contributed by atoms with E-state index in [0.717, 1.165) is 45.1 Å². The molecule has 1 saturated heterocycles. The van der Waals surface area contributed by atoms with Gasteiger partial charge in [-0.25, -0.2) is 0 Å². The van der Waals surface area contributed by atoms with Crippen molar-refractivity contribution >= 4 is 0 Å². The quantitative estimate of drug-likeness (QED) is 0.812. The molecule has 3 nitrogen and oxygen atoms in total. The van der Waals surface area contributed by atoms with Gasteiger partial charge in [0.1, 0.15) is 0 Å². The van der Waals surface area contributed by atoms with Crippen LogP contribution in [0.1, 0.15) is 57.8 Å². The molecule has 3 fully saturated rings. The van der Waals surface area contributed by atoms with E-state index in [-0.39, 0.29) is 11.5 Å². The summed E-state index contributed by atoms with van der Waals surface area (Å²) in [6, 6.07) is 0. The maximum Gasteiger partial charge on any atom is 0.0831 e. The summed E-state index contributed by atoms with van der Waals surface area (Å²) < 4.78 is 6.05. The minimum Gasteiger partial charge on any atom is -0.390 e. The fourth-order valence-electron chi connectivity index (χ4n) is 3.90. The Morgan fingerprint density at radius 1 is 0.889 bits per heavy atom. The van der Waals surface area contributed by atoms with Crippen molar-refractivity contribution in [2.45, 2.75) is 75.6 Å². The van der Waals surface area contributed by atoms with Crippen LogP contribution in [0.15, 0.2) is 0 Å². The number of ether oxygens (including phenoxy) is 1. The van der Waals surface area contributed by atoms with E-state index in [1.165, 1.54) is 19.3 Å². The zero-order valence-corrected chi connectivity index (χ0v) is 11.2. The van der Waals surface area contributed by atoms with Crippen molar-refractivity contribution in [3.8, 4) is 0 Å². The van der Waals surface area contributed by atoms with Gasteiger partial charge in [0.25, 0.3) is 0 Å². The highest BCUT2D eigenvalue weighted by Crippen LogP contribution is 2.43. The first-order chi connectivity index (χ1) is 8.70. The van der Waals surface area contributed by atoms with Gasteiger partial charge < -0.3 is 14.9 Å². The Morgan fingerprint density at radius 3 is 2.22 bits per heavy atom. The minimum absolute atomic E-state index is 0.0332. The Hall–Kier alpha value is -0.120. The van der Waals surface area contributed by atoms with Crippen LogP contribution in [0.25, 0.3) is 0 Å². The lowest BCUT2D eigenvalue weighted by atomic mass is 9.73. The smallest absolute Gasteiger partial charge is 0.0831 e. The summed E-state index contributed by atoms with van der Waals surface area (Å²) in [5.41, 5.74) is 0.0332. The zero-order valence-electron chi connectivity index (χ0n) is 11.2. The molecular weight excluding hydrogens is 228 g/mol. The van der Waals surface area contributed by atoms with E-state index in [1.807, 2.05) is 0 Å². The Labute approximate surface area is 110 Å². The van der Waals surface area contributed by atoms with Crippen molar-refractivity contribution in [1.82, 2.24) is 0 Å². The molecule has 3 rings (SSSR count). The molecule has 0 aromatic heterocycles. The number of aliphatic hydroxyl groups is 2. The van der Waals surface area contributed by atoms with Gasteiger partial charge in [0.2, 0.25) is 0 Å². The summed E-state index contributed by atoms with van der Waals surface area (Å²) in [4.78, 5) is 0. The highest BCUT2D eigenvalue weighted by molar-refractivity contribution is 4.95.